The quantitative estimate of drug-likeness (QED) is 0.371. The number of nitrogens with zero attached hydrogens (tertiary/aromatic N) is 1. The molecule has 3 nitrogen and oxygen atoms in total. The molecule has 0 unspecified atom stereocenters. The molecule has 0 N–H and O–H groups in total. The Kier molecular flexibility index (Phi) is 6.62. The van der Waals surface area contributed by atoms with Gasteiger partial charge in [-0.25, -0.2) is 4.79 Å². The van der Waals surface area contributed by atoms with E-state index in [0.717, 1.165) is 19.3 Å². The van der Waals surface area contributed by atoms with Gasteiger partial charge in [-0.05, 0) is 12.8 Å². The molecule has 0 saturated carbocycles. The second kappa shape index (κ2) is 7.35. The van der Waals surface area contributed by atoms with Gasteiger partial charge in [-0.2, -0.15) is 5.26 Å². The molecule has 0 rings (SSSR count). The molecular formula is C10H15NO2. The number of hydrogen-bond acceptors (Lipinski definition) is 3. The van der Waals surface area contributed by atoms with Gasteiger partial charge in [0.15, 0.2) is 0 Å². The number of allylic oxidation sites excluding steroid dienone is 1. The maximum Gasteiger partial charge on any atom is 0.348 e. The van der Waals surface area contributed by atoms with E-state index in [-0.39, 0.29) is 5.57 Å². The number of unbranched alkanes of at least 4 members (excludes halogenated alkanes) is 1. The Morgan fingerprint density at radius 3 is 2.62 bits per heavy atom. The highest BCUT2D eigenvalue weighted by Crippen LogP contribution is 2.01. The third-order valence-corrected chi connectivity index (χ3v) is 1.41. The zero-order chi connectivity index (χ0) is 10.1. The minimum absolute atomic E-state index is 0.121. The third kappa shape index (κ3) is 5.02. The van der Waals surface area contributed by atoms with Crippen molar-refractivity contribution in [3.63, 3.8) is 0 Å². The van der Waals surface area contributed by atoms with Crippen molar-refractivity contribution in [2.45, 2.75) is 33.1 Å². The molecule has 0 aliphatic heterocycles. The summed E-state index contributed by atoms with van der Waals surface area (Å²) in [6.07, 6.45) is 4.06. The molecule has 0 atom stereocenters. The lowest BCUT2D eigenvalue weighted by atomic mass is 10.2. The van der Waals surface area contributed by atoms with E-state index in [4.69, 9.17) is 10.00 Å². The number of carbonyl (C=O) groups excluding carboxylic acids is 1. The molecule has 0 aromatic carbocycles. The molecule has 0 aliphatic rings. The molecule has 72 valence electrons. The molecule has 0 aliphatic carbocycles. The first-order valence-electron chi connectivity index (χ1n) is 4.53. The van der Waals surface area contributed by atoms with Crippen LogP contribution in [0.3, 0.4) is 0 Å². The highest BCUT2D eigenvalue weighted by atomic mass is 16.5. The Morgan fingerprint density at radius 2 is 2.15 bits per heavy atom. The van der Waals surface area contributed by atoms with Gasteiger partial charge in [-0.1, -0.05) is 26.3 Å². The van der Waals surface area contributed by atoms with E-state index in [1.54, 1.807) is 6.08 Å². The van der Waals surface area contributed by atoms with Crippen molar-refractivity contribution in [2.75, 3.05) is 6.61 Å². The Hall–Kier alpha value is -1.30. The van der Waals surface area contributed by atoms with Crippen LogP contribution in [-0.2, 0) is 9.53 Å². The van der Waals surface area contributed by atoms with Crippen LogP contribution in [0.2, 0.25) is 0 Å². The average Bonchev–Trinajstić information content (AvgIpc) is 2.16. The first-order valence-corrected chi connectivity index (χ1v) is 4.53. The van der Waals surface area contributed by atoms with Gasteiger partial charge in [-0.3, -0.25) is 0 Å². The number of hydrogen-bond donors (Lipinski definition) is 0. The van der Waals surface area contributed by atoms with Crippen molar-refractivity contribution < 1.29 is 9.53 Å². The van der Waals surface area contributed by atoms with E-state index >= 15 is 0 Å². The summed E-state index contributed by atoms with van der Waals surface area (Å²) in [6.45, 7) is 4.28. The van der Waals surface area contributed by atoms with Crippen LogP contribution >= 0.6 is 0 Å². The van der Waals surface area contributed by atoms with Gasteiger partial charge in [0, 0.05) is 0 Å². The van der Waals surface area contributed by atoms with Crippen LogP contribution in [0, 0.1) is 11.3 Å². The fourth-order valence-corrected chi connectivity index (χ4v) is 0.736. The van der Waals surface area contributed by atoms with Crippen molar-refractivity contribution in [1.82, 2.24) is 0 Å². The molecule has 3 heteroatoms. The third-order valence-electron chi connectivity index (χ3n) is 1.41. The predicted molar refractivity (Wildman–Crippen MR) is 49.9 cm³/mol. The van der Waals surface area contributed by atoms with Crippen molar-refractivity contribution in [2.24, 2.45) is 0 Å². The normalized spacial score (nSPS) is 10.7. The van der Waals surface area contributed by atoms with Crippen LogP contribution in [0.1, 0.15) is 33.1 Å². The summed E-state index contributed by atoms with van der Waals surface area (Å²) >= 11 is 0. The first kappa shape index (κ1) is 11.7. The van der Waals surface area contributed by atoms with Crippen molar-refractivity contribution in [3.8, 4) is 6.07 Å². The molecule has 0 amide bonds. The van der Waals surface area contributed by atoms with Gasteiger partial charge in [0.2, 0.25) is 0 Å². The molecule has 0 spiro atoms. The average molecular weight is 181 g/mol. The molecule has 0 radical (unpaired) electrons. The molecule has 0 saturated heterocycles. The van der Waals surface area contributed by atoms with Gasteiger partial charge in [0.25, 0.3) is 0 Å². The summed E-state index contributed by atoms with van der Waals surface area (Å²) in [5.41, 5.74) is 0.121. The standard InChI is InChI=1S/C10H15NO2/c1-3-5-6-9(8-11)10(12)13-7-4-2/h6H,3-5,7H2,1-2H3. The Morgan fingerprint density at radius 1 is 1.46 bits per heavy atom. The summed E-state index contributed by atoms with van der Waals surface area (Å²) in [5, 5.41) is 8.60. The van der Waals surface area contributed by atoms with Crippen LogP contribution in [0.4, 0.5) is 0 Å². The maximum atomic E-state index is 11.1. The number of nitriles is 1. The van der Waals surface area contributed by atoms with Gasteiger partial charge in [-0.15, -0.1) is 0 Å². The smallest absolute Gasteiger partial charge is 0.348 e. The summed E-state index contributed by atoms with van der Waals surface area (Å²) in [4.78, 5) is 11.1. The molecule has 0 heterocycles. The van der Waals surface area contributed by atoms with Gasteiger partial charge in [0.1, 0.15) is 11.6 Å². The molecule has 0 fully saturated rings. The van der Waals surface area contributed by atoms with Crippen LogP contribution in [-0.4, -0.2) is 12.6 Å². The van der Waals surface area contributed by atoms with Crippen LogP contribution < -0.4 is 0 Å². The summed E-state index contributed by atoms with van der Waals surface area (Å²) in [5.74, 6) is -0.502. The second-order valence-electron chi connectivity index (χ2n) is 2.65. The Bertz CT molecular complexity index is 226. The Balaban J connectivity index is 4.09. The fraction of sp³-hybridized carbons (Fsp3) is 0.600. The summed E-state index contributed by atoms with van der Waals surface area (Å²) in [6, 6.07) is 1.83. The Labute approximate surface area is 79.0 Å². The lowest BCUT2D eigenvalue weighted by Crippen LogP contribution is -2.07. The van der Waals surface area contributed by atoms with Gasteiger partial charge >= 0.3 is 5.97 Å². The van der Waals surface area contributed by atoms with Crippen LogP contribution in [0.15, 0.2) is 11.6 Å². The molecule has 0 aromatic rings. The number of esters is 1. The summed E-state index contributed by atoms with van der Waals surface area (Å²) in [7, 11) is 0. The van der Waals surface area contributed by atoms with Crippen molar-refractivity contribution >= 4 is 5.97 Å². The fourth-order valence-electron chi connectivity index (χ4n) is 0.736. The number of rotatable bonds is 5. The second-order valence-corrected chi connectivity index (χ2v) is 2.65. The van der Waals surface area contributed by atoms with Crippen molar-refractivity contribution in [1.29, 1.82) is 5.26 Å². The lowest BCUT2D eigenvalue weighted by Gasteiger charge is -2.00. The first-order chi connectivity index (χ1) is 6.26. The minimum atomic E-state index is -0.502. The number of carbonyl (C=O) groups is 1. The van der Waals surface area contributed by atoms with Gasteiger partial charge in [0.05, 0.1) is 6.61 Å². The van der Waals surface area contributed by atoms with E-state index in [9.17, 15) is 4.79 Å². The number of ether oxygens (including phenoxy) is 1. The minimum Gasteiger partial charge on any atom is -0.462 e. The molecule has 13 heavy (non-hydrogen) atoms. The van der Waals surface area contributed by atoms with Gasteiger partial charge < -0.3 is 4.74 Å². The SMILES string of the molecule is CCCC=C(C#N)C(=O)OCCC. The molecule has 0 bridgehead atoms. The van der Waals surface area contributed by atoms with E-state index in [2.05, 4.69) is 0 Å². The maximum absolute atomic E-state index is 11.1. The van der Waals surface area contributed by atoms with E-state index in [1.165, 1.54) is 0 Å². The van der Waals surface area contributed by atoms with Crippen LogP contribution in [0.25, 0.3) is 0 Å². The lowest BCUT2D eigenvalue weighted by molar-refractivity contribution is -0.138. The van der Waals surface area contributed by atoms with E-state index < -0.39 is 5.97 Å². The zero-order valence-electron chi connectivity index (χ0n) is 8.17. The monoisotopic (exact) mass is 181 g/mol. The van der Waals surface area contributed by atoms with E-state index in [0.29, 0.717) is 6.61 Å². The largest absolute Gasteiger partial charge is 0.462 e. The molecule has 0 aromatic heterocycles. The summed E-state index contributed by atoms with van der Waals surface area (Å²) < 4.78 is 4.81. The highest BCUT2D eigenvalue weighted by Gasteiger charge is 2.08. The van der Waals surface area contributed by atoms with E-state index in [1.807, 2.05) is 19.9 Å². The zero-order valence-corrected chi connectivity index (χ0v) is 8.17. The van der Waals surface area contributed by atoms with Crippen LogP contribution in [0.5, 0.6) is 0 Å². The predicted octanol–water partition coefficient (Wildman–Crippen LogP) is 2.19. The topological polar surface area (TPSA) is 50.1 Å². The highest BCUT2D eigenvalue weighted by molar-refractivity contribution is 5.92. The molecular weight excluding hydrogens is 166 g/mol. The van der Waals surface area contributed by atoms with Crippen molar-refractivity contribution in [3.05, 3.63) is 11.6 Å².